The van der Waals surface area contributed by atoms with E-state index < -0.39 is 0 Å². The zero-order chi connectivity index (χ0) is 15.4. The second kappa shape index (κ2) is 7.06. The van der Waals surface area contributed by atoms with Gasteiger partial charge in [-0.05, 0) is 48.2 Å². The van der Waals surface area contributed by atoms with Gasteiger partial charge < -0.3 is 5.32 Å². The maximum absolute atomic E-state index is 13.6. The average molecular weight is 306 g/mol. The van der Waals surface area contributed by atoms with Crippen molar-refractivity contribution in [2.75, 3.05) is 7.05 Å². The maximum Gasteiger partial charge on any atom is 0.142 e. The molecule has 112 valence electrons. The summed E-state index contributed by atoms with van der Waals surface area (Å²) in [6.07, 6.45) is 1.07. The van der Waals surface area contributed by atoms with Gasteiger partial charge in [-0.15, -0.1) is 0 Å². The number of benzene rings is 2. The monoisotopic (exact) mass is 305 g/mol. The fraction of sp³-hybridized carbons (Fsp3) is 0.333. The van der Waals surface area contributed by atoms with Crippen LogP contribution in [0.1, 0.15) is 36.6 Å². The highest BCUT2D eigenvalue weighted by Gasteiger charge is 2.13. The first kappa shape index (κ1) is 16.0. The highest BCUT2D eigenvalue weighted by Crippen LogP contribution is 2.25. The van der Waals surface area contributed by atoms with Crippen LogP contribution in [0.15, 0.2) is 42.5 Å². The van der Waals surface area contributed by atoms with Gasteiger partial charge in [-0.1, -0.05) is 55.8 Å². The van der Waals surface area contributed by atoms with Crippen LogP contribution in [0.5, 0.6) is 0 Å². The van der Waals surface area contributed by atoms with Gasteiger partial charge in [0, 0.05) is 0 Å². The summed E-state index contributed by atoms with van der Waals surface area (Å²) < 4.78 is 13.6. The van der Waals surface area contributed by atoms with Crippen LogP contribution in [0, 0.1) is 11.7 Å². The summed E-state index contributed by atoms with van der Waals surface area (Å²) in [6.45, 7) is 4.42. The van der Waals surface area contributed by atoms with Crippen molar-refractivity contribution in [1.82, 2.24) is 5.32 Å². The van der Waals surface area contributed by atoms with Crippen LogP contribution in [0.3, 0.4) is 0 Å². The minimum atomic E-state index is -0.383. The van der Waals surface area contributed by atoms with Gasteiger partial charge in [-0.25, -0.2) is 4.39 Å². The highest BCUT2D eigenvalue weighted by atomic mass is 35.5. The molecule has 0 aliphatic rings. The molecule has 1 atom stereocenters. The molecule has 1 nitrogen and oxygen atoms in total. The van der Waals surface area contributed by atoms with Gasteiger partial charge in [0.15, 0.2) is 0 Å². The van der Waals surface area contributed by atoms with E-state index in [1.807, 2.05) is 13.1 Å². The normalized spacial score (nSPS) is 12.7. The predicted molar refractivity (Wildman–Crippen MR) is 87.3 cm³/mol. The second-order valence-electron chi connectivity index (χ2n) is 5.73. The summed E-state index contributed by atoms with van der Waals surface area (Å²) in [5.41, 5.74) is 3.31. The van der Waals surface area contributed by atoms with Crippen LogP contribution >= 0.6 is 11.6 Å². The third kappa shape index (κ3) is 4.05. The van der Waals surface area contributed by atoms with E-state index in [4.69, 9.17) is 11.6 Å². The molecule has 0 radical (unpaired) electrons. The third-order valence-corrected chi connectivity index (χ3v) is 3.83. The zero-order valence-electron chi connectivity index (χ0n) is 12.7. The number of halogens is 2. The third-order valence-electron chi connectivity index (χ3n) is 3.52. The van der Waals surface area contributed by atoms with Crippen molar-refractivity contribution in [3.8, 4) is 0 Å². The lowest BCUT2D eigenvalue weighted by molar-refractivity contribution is 0.617. The molecule has 3 heteroatoms. The summed E-state index contributed by atoms with van der Waals surface area (Å²) in [7, 11) is 1.87. The maximum atomic E-state index is 13.6. The molecule has 0 saturated carbocycles. The fourth-order valence-electron chi connectivity index (χ4n) is 2.54. The van der Waals surface area contributed by atoms with Gasteiger partial charge in [0.25, 0.3) is 0 Å². The smallest absolute Gasteiger partial charge is 0.142 e. The van der Waals surface area contributed by atoms with Gasteiger partial charge in [0.1, 0.15) is 5.82 Å². The summed E-state index contributed by atoms with van der Waals surface area (Å²) in [5, 5.41) is 3.39. The minimum Gasteiger partial charge on any atom is -0.309 e. The Morgan fingerprint density at radius 1 is 1.05 bits per heavy atom. The molecule has 0 aromatic heterocycles. The Hall–Kier alpha value is -1.38. The van der Waals surface area contributed by atoms with Gasteiger partial charge >= 0.3 is 0 Å². The van der Waals surface area contributed by atoms with Crippen LogP contribution in [0.2, 0.25) is 5.02 Å². The number of nitrogens with one attached hydrogen (secondary N) is 1. The Labute approximate surface area is 131 Å². The Balaban J connectivity index is 2.26. The van der Waals surface area contributed by atoms with Crippen LogP contribution < -0.4 is 5.32 Å². The van der Waals surface area contributed by atoms with Crippen LogP contribution in [-0.4, -0.2) is 7.05 Å². The first-order valence-corrected chi connectivity index (χ1v) is 7.60. The van der Waals surface area contributed by atoms with E-state index in [9.17, 15) is 4.39 Å². The van der Waals surface area contributed by atoms with Crippen LogP contribution in [0.25, 0.3) is 0 Å². The van der Waals surface area contributed by atoms with E-state index in [1.165, 1.54) is 11.6 Å². The fourth-order valence-corrected chi connectivity index (χ4v) is 2.65. The van der Waals surface area contributed by atoms with Gasteiger partial charge in [0.05, 0.1) is 11.1 Å². The lowest BCUT2D eigenvalue weighted by Gasteiger charge is -2.18. The first-order valence-electron chi connectivity index (χ1n) is 7.22. The van der Waals surface area contributed by atoms with Crippen molar-refractivity contribution < 1.29 is 4.39 Å². The van der Waals surface area contributed by atoms with E-state index in [0.29, 0.717) is 5.92 Å². The van der Waals surface area contributed by atoms with Crippen molar-refractivity contribution >= 4 is 11.6 Å². The lowest BCUT2D eigenvalue weighted by Crippen LogP contribution is -2.17. The second-order valence-corrected chi connectivity index (χ2v) is 6.14. The molecule has 0 saturated heterocycles. The average Bonchev–Trinajstić information content (AvgIpc) is 2.45. The van der Waals surface area contributed by atoms with Crippen molar-refractivity contribution in [2.45, 2.75) is 26.3 Å². The molecule has 0 heterocycles. The van der Waals surface area contributed by atoms with E-state index in [-0.39, 0.29) is 16.9 Å². The standard InChI is InChI=1S/C18H21ClFN/c1-12(2)10-13-4-6-14(7-5-13)18(21-3)15-8-9-16(19)17(20)11-15/h4-9,11-12,18,21H,10H2,1-3H3. The van der Waals surface area contributed by atoms with Crippen molar-refractivity contribution in [3.05, 3.63) is 70.0 Å². The number of hydrogen-bond donors (Lipinski definition) is 1. The summed E-state index contributed by atoms with van der Waals surface area (Å²) in [5.74, 6) is 0.257. The molecule has 1 N–H and O–H groups in total. The molecule has 2 rings (SSSR count). The molecule has 0 spiro atoms. The molecule has 0 fully saturated rings. The van der Waals surface area contributed by atoms with E-state index >= 15 is 0 Å². The number of rotatable bonds is 5. The highest BCUT2D eigenvalue weighted by molar-refractivity contribution is 6.30. The molecule has 0 aliphatic heterocycles. The summed E-state index contributed by atoms with van der Waals surface area (Å²) in [6, 6.07) is 13.4. The first-order chi connectivity index (χ1) is 10.0. The van der Waals surface area contributed by atoms with E-state index in [2.05, 4.69) is 43.4 Å². The lowest BCUT2D eigenvalue weighted by atomic mass is 9.96. The van der Waals surface area contributed by atoms with Gasteiger partial charge in [-0.3, -0.25) is 0 Å². The molecular formula is C18H21ClFN. The Morgan fingerprint density at radius 2 is 1.67 bits per heavy atom. The van der Waals surface area contributed by atoms with Crippen molar-refractivity contribution in [1.29, 1.82) is 0 Å². The molecule has 21 heavy (non-hydrogen) atoms. The predicted octanol–water partition coefficient (Wildman–Crippen LogP) is 4.99. The summed E-state index contributed by atoms with van der Waals surface area (Å²) in [4.78, 5) is 0. The molecular weight excluding hydrogens is 285 g/mol. The van der Waals surface area contributed by atoms with Crippen LogP contribution in [0.4, 0.5) is 4.39 Å². The van der Waals surface area contributed by atoms with Crippen molar-refractivity contribution in [2.24, 2.45) is 5.92 Å². The minimum absolute atomic E-state index is 0.0372. The van der Waals surface area contributed by atoms with E-state index in [1.54, 1.807) is 6.07 Å². The quantitative estimate of drug-likeness (QED) is 0.821. The largest absolute Gasteiger partial charge is 0.309 e. The Kier molecular flexibility index (Phi) is 5.38. The topological polar surface area (TPSA) is 12.0 Å². The van der Waals surface area contributed by atoms with Gasteiger partial charge in [-0.2, -0.15) is 0 Å². The molecule has 1 unspecified atom stereocenters. The van der Waals surface area contributed by atoms with Crippen molar-refractivity contribution in [3.63, 3.8) is 0 Å². The number of hydrogen-bond acceptors (Lipinski definition) is 1. The Morgan fingerprint density at radius 3 is 2.19 bits per heavy atom. The molecule has 2 aromatic rings. The van der Waals surface area contributed by atoms with Crippen LogP contribution in [-0.2, 0) is 6.42 Å². The SMILES string of the molecule is CNC(c1ccc(CC(C)C)cc1)c1ccc(Cl)c(F)c1. The zero-order valence-corrected chi connectivity index (χ0v) is 13.4. The summed E-state index contributed by atoms with van der Waals surface area (Å²) >= 11 is 5.75. The van der Waals surface area contributed by atoms with Gasteiger partial charge in [0.2, 0.25) is 0 Å². The molecule has 0 bridgehead atoms. The molecule has 0 amide bonds. The molecule has 0 aliphatic carbocycles. The van der Waals surface area contributed by atoms with E-state index in [0.717, 1.165) is 17.5 Å². The Bertz CT molecular complexity index is 593. The molecule has 2 aromatic carbocycles.